The second-order valence-electron chi connectivity index (χ2n) is 9.22. The highest BCUT2D eigenvalue weighted by molar-refractivity contribution is 7.48. The highest BCUT2D eigenvalue weighted by Crippen LogP contribution is 2.55. The Bertz CT molecular complexity index is 1300. The summed E-state index contributed by atoms with van der Waals surface area (Å²) in [4.78, 5) is 40.8. The van der Waals surface area contributed by atoms with Crippen LogP contribution in [0.3, 0.4) is 0 Å². The molecule has 0 bridgehead atoms. The van der Waals surface area contributed by atoms with Crippen LogP contribution in [0.1, 0.15) is 59.5 Å². The maximum Gasteiger partial charge on any atom is 0.278 e. The van der Waals surface area contributed by atoms with Gasteiger partial charge in [0.2, 0.25) is 5.43 Å². The standard InChI is InChI=1S/C25H31F2N4O6P/c1-5-36-38(37-6-2)17-9-10-25(12-17)29(3)24(35)20-22(33)21(32)18(14-31(20)30(25)4)23(34)28-13-15-7-8-16(26)11-19(15)27/h7-8,11,14,17,33H,5-6,9-10,12-13H2,1-4H3,(H,28,34)/t17-,25?/m0/s1. The lowest BCUT2D eigenvalue weighted by molar-refractivity contribution is 0.0403. The summed E-state index contributed by atoms with van der Waals surface area (Å²) in [6.07, 6.45) is 3.04. The number of carbonyl (C=O) groups excluding carboxylic acids is 2. The molecule has 1 aromatic carbocycles. The second-order valence-corrected chi connectivity index (χ2v) is 11.0. The Morgan fingerprint density at radius 1 is 1.21 bits per heavy atom. The van der Waals surface area contributed by atoms with Crippen molar-refractivity contribution in [2.75, 3.05) is 32.3 Å². The van der Waals surface area contributed by atoms with Crippen molar-refractivity contribution in [3.63, 3.8) is 0 Å². The van der Waals surface area contributed by atoms with Crippen LogP contribution in [0.5, 0.6) is 5.75 Å². The quantitative estimate of drug-likeness (QED) is 0.484. The Morgan fingerprint density at radius 2 is 1.89 bits per heavy atom. The number of aromatic hydroxyl groups is 1. The second kappa shape index (κ2) is 11.0. The van der Waals surface area contributed by atoms with E-state index in [1.165, 1.54) is 21.8 Å². The van der Waals surface area contributed by atoms with Crippen LogP contribution in [0.2, 0.25) is 0 Å². The van der Waals surface area contributed by atoms with Crippen LogP contribution in [0.15, 0.2) is 29.2 Å². The van der Waals surface area contributed by atoms with E-state index in [0.717, 1.165) is 12.5 Å². The first kappa shape index (κ1) is 27.9. The first-order valence-corrected chi connectivity index (χ1v) is 13.6. The first-order chi connectivity index (χ1) is 18.0. The summed E-state index contributed by atoms with van der Waals surface area (Å²) < 4.78 is 40.2. The SMILES string of the molecule is CCOP(OCC)[C@H]1CCC2(C1)N(C)C(=O)c1c(O)c(=O)c(C(=O)NCc3ccc(F)cc3F)cn1N2C. The molecule has 2 aromatic rings. The Kier molecular flexibility index (Phi) is 8.06. The molecule has 2 atom stereocenters. The zero-order chi connectivity index (χ0) is 27.8. The van der Waals surface area contributed by atoms with E-state index in [2.05, 4.69) is 5.32 Å². The van der Waals surface area contributed by atoms with Crippen LogP contribution in [-0.4, -0.2) is 65.1 Å². The summed E-state index contributed by atoms with van der Waals surface area (Å²) >= 11 is 0. The number of amides is 2. The molecule has 1 aliphatic heterocycles. The topological polar surface area (TPSA) is 113 Å². The summed E-state index contributed by atoms with van der Waals surface area (Å²) in [5.74, 6) is -3.90. The number of hydrogen-bond acceptors (Lipinski definition) is 7. The van der Waals surface area contributed by atoms with Gasteiger partial charge in [-0.25, -0.2) is 8.78 Å². The van der Waals surface area contributed by atoms with Crippen LogP contribution in [0, 0.1) is 11.6 Å². The summed E-state index contributed by atoms with van der Waals surface area (Å²) in [5.41, 5.74) is -2.45. The van der Waals surface area contributed by atoms with Crippen molar-refractivity contribution < 1.29 is 32.5 Å². The molecule has 38 heavy (non-hydrogen) atoms. The van der Waals surface area contributed by atoms with Gasteiger partial charge in [0, 0.05) is 50.5 Å². The molecule has 1 saturated carbocycles. The van der Waals surface area contributed by atoms with Gasteiger partial charge in [0.1, 0.15) is 22.9 Å². The fourth-order valence-corrected chi connectivity index (χ4v) is 6.93. The monoisotopic (exact) mass is 552 g/mol. The molecule has 1 aromatic heterocycles. The highest BCUT2D eigenvalue weighted by atomic mass is 31.2. The van der Waals surface area contributed by atoms with Gasteiger partial charge in [-0.1, -0.05) is 6.07 Å². The molecule has 1 unspecified atom stereocenters. The van der Waals surface area contributed by atoms with Crippen LogP contribution in [0.4, 0.5) is 8.78 Å². The van der Waals surface area contributed by atoms with Crippen molar-refractivity contribution >= 4 is 20.2 Å². The molecule has 1 fully saturated rings. The predicted octanol–water partition coefficient (Wildman–Crippen LogP) is 3.05. The summed E-state index contributed by atoms with van der Waals surface area (Å²) in [5, 5.41) is 14.9. The zero-order valence-electron chi connectivity index (χ0n) is 21.7. The van der Waals surface area contributed by atoms with Gasteiger partial charge in [0.05, 0.1) is 13.2 Å². The molecule has 10 nitrogen and oxygen atoms in total. The van der Waals surface area contributed by atoms with Gasteiger partial charge in [0.15, 0.2) is 19.8 Å². The molecule has 206 valence electrons. The van der Waals surface area contributed by atoms with E-state index in [4.69, 9.17) is 9.05 Å². The lowest BCUT2D eigenvalue weighted by Crippen LogP contribution is -2.67. The molecule has 2 amide bonds. The lowest BCUT2D eigenvalue weighted by Gasteiger charge is -2.51. The van der Waals surface area contributed by atoms with E-state index in [0.29, 0.717) is 32.1 Å². The molecule has 0 radical (unpaired) electrons. The van der Waals surface area contributed by atoms with Gasteiger partial charge in [-0.05, 0) is 32.8 Å². The number of hydrogen-bond donors (Lipinski definition) is 2. The number of carbonyl (C=O) groups is 2. The molecule has 4 rings (SSSR count). The predicted molar refractivity (Wildman–Crippen MR) is 137 cm³/mol. The minimum atomic E-state index is -1.18. The van der Waals surface area contributed by atoms with Crippen LogP contribution in [0.25, 0.3) is 0 Å². The van der Waals surface area contributed by atoms with E-state index in [9.17, 15) is 28.3 Å². The maximum atomic E-state index is 14.0. The third-order valence-electron chi connectivity index (χ3n) is 7.17. The van der Waals surface area contributed by atoms with Crippen LogP contribution in [-0.2, 0) is 15.6 Å². The minimum absolute atomic E-state index is 0.0204. The minimum Gasteiger partial charge on any atom is -0.502 e. The number of nitrogens with zero attached hydrogens (tertiary/aromatic N) is 3. The molecule has 0 saturated heterocycles. The molecular formula is C25H31F2N4O6P. The summed E-state index contributed by atoms with van der Waals surface area (Å²) in [6.45, 7) is 4.48. The molecule has 1 aliphatic carbocycles. The Labute approximate surface area is 220 Å². The van der Waals surface area contributed by atoms with Gasteiger partial charge in [-0.15, -0.1) is 0 Å². The molecule has 2 aliphatic rings. The number of fused-ring (bicyclic) bond motifs is 1. The smallest absolute Gasteiger partial charge is 0.278 e. The Morgan fingerprint density at radius 3 is 2.53 bits per heavy atom. The summed E-state index contributed by atoms with van der Waals surface area (Å²) in [6, 6.07) is 2.93. The van der Waals surface area contributed by atoms with Crippen LogP contribution >= 0.6 is 8.38 Å². The van der Waals surface area contributed by atoms with Crippen LogP contribution < -0.4 is 15.8 Å². The van der Waals surface area contributed by atoms with Crippen molar-refractivity contribution in [1.29, 1.82) is 0 Å². The summed E-state index contributed by atoms with van der Waals surface area (Å²) in [7, 11) is 2.16. The van der Waals surface area contributed by atoms with Gasteiger partial charge in [-0.2, -0.15) is 0 Å². The van der Waals surface area contributed by atoms with Gasteiger partial charge >= 0.3 is 0 Å². The zero-order valence-corrected chi connectivity index (χ0v) is 22.6. The Balaban J connectivity index is 1.66. The third-order valence-corrected chi connectivity index (χ3v) is 9.23. The van der Waals surface area contributed by atoms with E-state index in [1.54, 1.807) is 19.1 Å². The normalized spacial score (nSPS) is 20.9. The number of nitrogens with one attached hydrogen (secondary N) is 1. The van der Waals surface area contributed by atoms with Gasteiger partial charge in [0.25, 0.3) is 11.8 Å². The van der Waals surface area contributed by atoms with Gasteiger partial charge < -0.3 is 24.4 Å². The van der Waals surface area contributed by atoms with Crippen molar-refractivity contribution in [2.45, 2.75) is 51.0 Å². The fourth-order valence-electron chi connectivity index (χ4n) is 5.15. The molecule has 13 heteroatoms. The third kappa shape index (κ3) is 4.76. The average Bonchev–Trinajstić information content (AvgIpc) is 3.33. The maximum absolute atomic E-state index is 14.0. The number of benzene rings is 1. The molecular weight excluding hydrogens is 521 g/mol. The number of rotatable bonds is 8. The highest BCUT2D eigenvalue weighted by Gasteiger charge is 2.54. The Hall–Kier alpha value is -3.08. The van der Waals surface area contributed by atoms with Gasteiger partial charge in [-0.3, -0.25) is 24.1 Å². The lowest BCUT2D eigenvalue weighted by atomic mass is 10.0. The first-order valence-electron chi connectivity index (χ1n) is 12.3. The number of aromatic nitrogens is 1. The molecule has 2 heterocycles. The van der Waals surface area contributed by atoms with E-state index < -0.39 is 54.2 Å². The van der Waals surface area contributed by atoms with E-state index >= 15 is 0 Å². The molecule has 1 spiro atoms. The van der Waals surface area contributed by atoms with Crippen molar-refractivity contribution in [2.24, 2.45) is 0 Å². The number of pyridine rings is 1. The fraction of sp³-hybridized carbons (Fsp3) is 0.480. The molecule has 2 N–H and O–H groups in total. The average molecular weight is 553 g/mol. The van der Waals surface area contributed by atoms with Crippen molar-refractivity contribution in [1.82, 2.24) is 14.9 Å². The largest absolute Gasteiger partial charge is 0.502 e. The van der Waals surface area contributed by atoms with Crippen molar-refractivity contribution in [3.05, 3.63) is 63.1 Å². The number of halogens is 2. The van der Waals surface area contributed by atoms with Crippen molar-refractivity contribution in [3.8, 4) is 5.75 Å². The van der Waals surface area contributed by atoms with E-state index in [1.807, 2.05) is 13.8 Å². The van der Waals surface area contributed by atoms with E-state index in [-0.39, 0.29) is 23.5 Å².